The van der Waals surface area contributed by atoms with E-state index in [2.05, 4.69) is 6.58 Å². The Balaban J connectivity index is 0.000000255. The lowest BCUT2D eigenvalue weighted by Crippen LogP contribution is -2.10. The van der Waals surface area contributed by atoms with Crippen molar-refractivity contribution in [3.8, 4) is 6.07 Å². The fraction of sp³-hybridized carbons (Fsp3) is 0.0909. The standard InChI is InChI=1S/C7H5N.C4H7NO/c8-6-7-4-2-1-3-5-7;1-3(2)4(5)6/h1-5H;1H2,2H3,(H2,5,6). The van der Waals surface area contributed by atoms with E-state index < -0.39 is 5.91 Å². The smallest absolute Gasteiger partial charge is 0.243 e. The van der Waals surface area contributed by atoms with Crippen molar-refractivity contribution in [2.75, 3.05) is 0 Å². The summed E-state index contributed by atoms with van der Waals surface area (Å²) in [5.41, 5.74) is 5.81. The first kappa shape index (κ1) is 11.9. The fourth-order valence-electron chi connectivity index (χ4n) is 0.513. The van der Waals surface area contributed by atoms with Crippen molar-refractivity contribution < 1.29 is 4.79 Å². The van der Waals surface area contributed by atoms with Crippen LogP contribution in [0.25, 0.3) is 0 Å². The van der Waals surface area contributed by atoms with Crippen molar-refractivity contribution >= 4 is 5.91 Å². The van der Waals surface area contributed by atoms with Crippen molar-refractivity contribution in [3.63, 3.8) is 0 Å². The van der Waals surface area contributed by atoms with Gasteiger partial charge >= 0.3 is 0 Å². The molecule has 0 spiro atoms. The molecule has 0 aliphatic rings. The average molecular weight is 188 g/mol. The van der Waals surface area contributed by atoms with Crippen LogP contribution in [0.3, 0.4) is 0 Å². The molecule has 0 saturated heterocycles. The lowest BCUT2D eigenvalue weighted by molar-refractivity contribution is -0.114. The predicted octanol–water partition coefficient (Wildman–Crippen LogP) is 1.61. The molecule has 1 rings (SSSR count). The topological polar surface area (TPSA) is 66.9 Å². The zero-order valence-corrected chi connectivity index (χ0v) is 8.03. The van der Waals surface area contributed by atoms with Gasteiger partial charge in [-0.25, -0.2) is 0 Å². The summed E-state index contributed by atoms with van der Waals surface area (Å²) in [6.07, 6.45) is 0. The van der Waals surface area contributed by atoms with E-state index in [1.165, 1.54) is 0 Å². The Morgan fingerprint density at radius 3 is 2.07 bits per heavy atom. The Labute approximate surface area is 83.5 Å². The minimum atomic E-state index is -0.435. The molecular formula is C11H12N2O. The van der Waals surface area contributed by atoms with Crippen molar-refractivity contribution in [1.82, 2.24) is 0 Å². The lowest BCUT2D eigenvalue weighted by atomic mass is 10.2. The zero-order chi connectivity index (χ0) is 11.0. The van der Waals surface area contributed by atoms with Crippen molar-refractivity contribution in [3.05, 3.63) is 48.0 Å². The third-order valence-corrected chi connectivity index (χ3v) is 1.32. The van der Waals surface area contributed by atoms with Crippen LogP contribution in [-0.2, 0) is 4.79 Å². The summed E-state index contributed by atoms with van der Waals surface area (Å²) in [5.74, 6) is -0.435. The van der Waals surface area contributed by atoms with E-state index in [-0.39, 0.29) is 0 Å². The van der Waals surface area contributed by atoms with Crippen LogP contribution >= 0.6 is 0 Å². The second kappa shape index (κ2) is 6.44. The molecular weight excluding hydrogens is 176 g/mol. The molecule has 0 aromatic heterocycles. The third-order valence-electron chi connectivity index (χ3n) is 1.32. The van der Waals surface area contributed by atoms with E-state index >= 15 is 0 Å². The van der Waals surface area contributed by atoms with E-state index in [0.717, 1.165) is 0 Å². The van der Waals surface area contributed by atoms with Crippen LogP contribution < -0.4 is 5.73 Å². The minimum Gasteiger partial charge on any atom is -0.366 e. The molecule has 0 fully saturated rings. The molecule has 0 heterocycles. The summed E-state index contributed by atoms with van der Waals surface area (Å²) in [4.78, 5) is 9.82. The first-order chi connectivity index (χ1) is 6.57. The molecule has 14 heavy (non-hydrogen) atoms. The number of nitriles is 1. The highest BCUT2D eigenvalue weighted by atomic mass is 16.1. The van der Waals surface area contributed by atoms with E-state index in [0.29, 0.717) is 11.1 Å². The molecule has 0 atom stereocenters. The Morgan fingerprint density at radius 2 is 1.86 bits per heavy atom. The maximum absolute atomic E-state index is 9.82. The molecule has 0 radical (unpaired) electrons. The van der Waals surface area contributed by atoms with Gasteiger partial charge in [0, 0.05) is 5.57 Å². The van der Waals surface area contributed by atoms with Crippen LogP contribution in [0.1, 0.15) is 12.5 Å². The average Bonchev–Trinajstić information content (AvgIpc) is 2.20. The number of amides is 1. The van der Waals surface area contributed by atoms with Gasteiger partial charge in [-0.3, -0.25) is 4.79 Å². The van der Waals surface area contributed by atoms with Gasteiger partial charge in [0.05, 0.1) is 11.6 Å². The summed E-state index contributed by atoms with van der Waals surface area (Å²) >= 11 is 0. The molecule has 0 saturated carbocycles. The van der Waals surface area contributed by atoms with Crippen LogP contribution in [0.2, 0.25) is 0 Å². The van der Waals surface area contributed by atoms with E-state index in [1.807, 2.05) is 24.3 Å². The minimum absolute atomic E-state index is 0.398. The van der Waals surface area contributed by atoms with Gasteiger partial charge in [0.2, 0.25) is 5.91 Å². The number of hydrogen-bond acceptors (Lipinski definition) is 2. The fourth-order valence-corrected chi connectivity index (χ4v) is 0.513. The molecule has 0 aliphatic heterocycles. The lowest BCUT2D eigenvalue weighted by Gasteiger charge is -1.81. The summed E-state index contributed by atoms with van der Waals surface area (Å²) in [6.45, 7) is 4.85. The number of carbonyl (C=O) groups is 1. The van der Waals surface area contributed by atoms with Crippen LogP contribution in [0.15, 0.2) is 42.5 Å². The molecule has 1 aromatic carbocycles. The molecule has 1 aromatic rings. The summed E-state index contributed by atoms with van der Waals surface area (Å²) < 4.78 is 0. The second-order valence-corrected chi connectivity index (χ2v) is 2.62. The third kappa shape index (κ3) is 5.56. The van der Waals surface area contributed by atoms with Crippen LogP contribution in [0, 0.1) is 11.3 Å². The maximum Gasteiger partial charge on any atom is 0.243 e. The van der Waals surface area contributed by atoms with Gasteiger partial charge in [-0.2, -0.15) is 5.26 Å². The molecule has 72 valence electrons. The normalized spacial score (nSPS) is 7.71. The number of rotatable bonds is 1. The quantitative estimate of drug-likeness (QED) is 0.680. The van der Waals surface area contributed by atoms with Gasteiger partial charge in [0.25, 0.3) is 0 Å². The van der Waals surface area contributed by atoms with Gasteiger partial charge in [-0.15, -0.1) is 0 Å². The zero-order valence-electron chi connectivity index (χ0n) is 8.03. The van der Waals surface area contributed by atoms with E-state index in [1.54, 1.807) is 19.1 Å². The van der Waals surface area contributed by atoms with Crippen LogP contribution in [0.4, 0.5) is 0 Å². The summed E-state index contributed by atoms with van der Waals surface area (Å²) in [6, 6.07) is 11.2. The largest absolute Gasteiger partial charge is 0.366 e. The Bertz CT molecular complexity index is 337. The molecule has 2 N–H and O–H groups in total. The number of carbonyl (C=O) groups excluding carboxylic acids is 1. The highest BCUT2D eigenvalue weighted by Gasteiger charge is 1.86. The van der Waals surface area contributed by atoms with Gasteiger partial charge in [0.1, 0.15) is 0 Å². The van der Waals surface area contributed by atoms with Crippen molar-refractivity contribution in [2.45, 2.75) is 6.92 Å². The van der Waals surface area contributed by atoms with Crippen LogP contribution in [-0.4, -0.2) is 5.91 Å². The Kier molecular flexibility index (Phi) is 5.48. The number of hydrogen-bond donors (Lipinski definition) is 1. The van der Waals surface area contributed by atoms with E-state index in [4.69, 9.17) is 11.0 Å². The maximum atomic E-state index is 9.82. The summed E-state index contributed by atoms with van der Waals surface area (Å²) in [7, 11) is 0. The van der Waals surface area contributed by atoms with Crippen molar-refractivity contribution in [1.29, 1.82) is 5.26 Å². The Hall–Kier alpha value is -2.08. The van der Waals surface area contributed by atoms with Crippen molar-refractivity contribution in [2.24, 2.45) is 5.73 Å². The summed E-state index contributed by atoms with van der Waals surface area (Å²) in [5, 5.41) is 8.29. The van der Waals surface area contributed by atoms with Gasteiger partial charge < -0.3 is 5.73 Å². The number of benzene rings is 1. The highest BCUT2D eigenvalue weighted by molar-refractivity contribution is 5.90. The molecule has 0 unspecified atom stereocenters. The van der Waals surface area contributed by atoms with Crippen LogP contribution in [0.5, 0.6) is 0 Å². The predicted molar refractivity (Wildman–Crippen MR) is 55.2 cm³/mol. The molecule has 3 nitrogen and oxygen atoms in total. The number of primary amides is 1. The molecule has 3 heteroatoms. The molecule has 0 aliphatic carbocycles. The first-order valence-corrected chi connectivity index (χ1v) is 3.98. The Morgan fingerprint density at radius 1 is 1.43 bits per heavy atom. The van der Waals surface area contributed by atoms with Gasteiger partial charge in [-0.05, 0) is 19.1 Å². The molecule has 1 amide bonds. The first-order valence-electron chi connectivity index (χ1n) is 3.98. The van der Waals surface area contributed by atoms with Gasteiger partial charge in [0.15, 0.2) is 0 Å². The molecule has 0 bridgehead atoms. The second-order valence-electron chi connectivity index (χ2n) is 2.62. The number of nitrogens with zero attached hydrogens (tertiary/aromatic N) is 1. The SMILES string of the molecule is C=C(C)C(N)=O.N#Cc1ccccc1. The highest BCUT2D eigenvalue weighted by Crippen LogP contribution is 1.93. The van der Waals surface area contributed by atoms with Gasteiger partial charge in [-0.1, -0.05) is 24.8 Å². The number of nitrogens with two attached hydrogens (primary N) is 1. The van der Waals surface area contributed by atoms with E-state index in [9.17, 15) is 4.79 Å². The monoisotopic (exact) mass is 188 g/mol.